The Balaban J connectivity index is 2.26. The number of phenolic OH excluding ortho intramolecular Hbond substituents is 1. The first-order chi connectivity index (χ1) is 9.97. The molecule has 0 fully saturated rings. The van der Waals surface area contributed by atoms with Gasteiger partial charge in [-0.05, 0) is 18.2 Å². The Hall–Kier alpha value is -3.36. The quantitative estimate of drug-likeness (QED) is 0.521. The molecule has 0 amide bonds. The number of aromatic hydroxyl groups is 1. The number of benzene rings is 2. The molecule has 2 rings (SSSR count). The molecule has 0 atom stereocenters. The minimum Gasteiger partial charge on any atom is -0.506 e. The summed E-state index contributed by atoms with van der Waals surface area (Å²) in [5.41, 5.74) is -0.0772. The highest BCUT2D eigenvalue weighted by molar-refractivity contribution is 5.57. The molecule has 1 N–H and O–H groups in total. The maximum absolute atomic E-state index is 10.6. The highest BCUT2D eigenvalue weighted by Crippen LogP contribution is 2.31. The van der Waals surface area contributed by atoms with Crippen molar-refractivity contribution < 1.29 is 15.0 Å². The second-order valence-corrected chi connectivity index (χ2v) is 3.90. The Kier molecular flexibility index (Phi) is 3.84. The van der Waals surface area contributed by atoms with Gasteiger partial charge in [0, 0.05) is 24.3 Å². The van der Waals surface area contributed by atoms with E-state index < -0.39 is 9.85 Å². The van der Waals surface area contributed by atoms with Crippen molar-refractivity contribution in [1.29, 1.82) is 0 Å². The van der Waals surface area contributed by atoms with Crippen LogP contribution in [-0.4, -0.2) is 15.0 Å². The van der Waals surface area contributed by atoms with E-state index in [-0.39, 0.29) is 22.8 Å². The van der Waals surface area contributed by atoms with Gasteiger partial charge in [-0.25, -0.2) is 0 Å². The predicted molar refractivity (Wildman–Crippen MR) is 72.0 cm³/mol. The number of phenols is 1. The summed E-state index contributed by atoms with van der Waals surface area (Å²) in [4.78, 5) is 20.0. The molecule has 0 saturated heterocycles. The largest absolute Gasteiger partial charge is 0.506 e. The number of nitro groups is 2. The van der Waals surface area contributed by atoms with Crippen LogP contribution in [-0.2, 0) is 0 Å². The van der Waals surface area contributed by atoms with Crippen LogP contribution in [0.3, 0.4) is 0 Å². The molecule has 9 heteroatoms. The Morgan fingerprint density at radius 3 is 2.00 bits per heavy atom. The summed E-state index contributed by atoms with van der Waals surface area (Å²) in [6.07, 6.45) is 0. The molecule has 0 radical (unpaired) electrons. The third-order valence-corrected chi connectivity index (χ3v) is 2.50. The van der Waals surface area contributed by atoms with Crippen LogP contribution in [0.2, 0.25) is 0 Å². The van der Waals surface area contributed by atoms with Crippen LogP contribution in [0, 0.1) is 20.2 Å². The van der Waals surface area contributed by atoms with Crippen molar-refractivity contribution in [1.82, 2.24) is 0 Å². The van der Waals surface area contributed by atoms with E-state index in [9.17, 15) is 25.3 Å². The van der Waals surface area contributed by atoms with Gasteiger partial charge in [0.2, 0.25) is 0 Å². The van der Waals surface area contributed by atoms with Crippen molar-refractivity contribution in [3.63, 3.8) is 0 Å². The number of azo groups is 1. The number of nitrogens with zero attached hydrogens (tertiary/aromatic N) is 4. The summed E-state index contributed by atoms with van der Waals surface area (Å²) in [7, 11) is 0. The smallest absolute Gasteiger partial charge is 0.271 e. The maximum Gasteiger partial charge on any atom is 0.271 e. The van der Waals surface area contributed by atoms with Crippen LogP contribution in [0.15, 0.2) is 52.7 Å². The molecule has 0 heterocycles. The first kappa shape index (κ1) is 14.1. The van der Waals surface area contributed by atoms with Crippen LogP contribution >= 0.6 is 0 Å². The minimum absolute atomic E-state index is 0.0671. The fourth-order valence-corrected chi connectivity index (χ4v) is 1.46. The zero-order valence-corrected chi connectivity index (χ0v) is 10.4. The van der Waals surface area contributed by atoms with E-state index in [4.69, 9.17) is 0 Å². The third kappa shape index (κ3) is 3.35. The molecule has 0 aliphatic carbocycles. The van der Waals surface area contributed by atoms with Gasteiger partial charge in [0.1, 0.15) is 11.4 Å². The minimum atomic E-state index is -0.621. The predicted octanol–water partition coefficient (Wildman–Crippen LogP) is 3.62. The first-order valence-corrected chi connectivity index (χ1v) is 5.61. The Morgan fingerprint density at radius 1 is 0.857 bits per heavy atom. The van der Waals surface area contributed by atoms with Crippen molar-refractivity contribution in [3.8, 4) is 5.75 Å². The van der Waals surface area contributed by atoms with Crippen molar-refractivity contribution in [2.24, 2.45) is 10.2 Å². The van der Waals surface area contributed by atoms with E-state index in [0.29, 0.717) is 5.69 Å². The van der Waals surface area contributed by atoms with Crippen LogP contribution in [0.25, 0.3) is 0 Å². The van der Waals surface area contributed by atoms with E-state index in [1.165, 1.54) is 24.3 Å². The Bertz CT molecular complexity index is 727. The van der Waals surface area contributed by atoms with Crippen molar-refractivity contribution >= 4 is 22.7 Å². The third-order valence-electron chi connectivity index (χ3n) is 2.50. The van der Waals surface area contributed by atoms with E-state index in [1.807, 2.05) is 0 Å². The zero-order chi connectivity index (χ0) is 15.4. The highest BCUT2D eigenvalue weighted by Gasteiger charge is 2.10. The molecule has 9 nitrogen and oxygen atoms in total. The van der Waals surface area contributed by atoms with Crippen LogP contribution in [0.1, 0.15) is 0 Å². The van der Waals surface area contributed by atoms with E-state index >= 15 is 0 Å². The Morgan fingerprint density at radius 2 is 1.43 bits per heavy atom. The summed E-state index contributed by atoms with van der Waals surface area (Å²) in [6.45, 7) is 0. The van der Waals surface area contributed by atoms with Crippen molar-refractivity contribution in [2.75, 3.05) is 0 Å². The van der Waals surface area contributed by atoms with Gasteiger partial charge in [0.25, 0.3) is 11.4 Å². The molecule has 0 bridgehead atoms. The lowest BCUT2D eigenvalue weighted by Gasteiger charge is -1.98. The van der Waals surface area contributed by atoms with Gasteiger partial charge in [0.15, 0.2) is 0 Å². The van der Waals surface area contributed by atoms with Gasteiger partial charge in [-0.3, -0.25) is 20.2 Å². The molecule has 0 aromatic heterocycles. The summed E-state index contributed by atoms with van der Waals surface area (Å²) < 4.78 is 0. The molecule has 0 aliphatic rings. The molecule has 21 heavy (non-hydrogen) atoms. The first-order valence-electron chi connectivity index (χ1n) is 5.61. The topological polar surface area (TPSA) is 131 Å². The number of nitro benzene ring substituents is 2. The number of non-ortho nitro benzene ring substituents is 2. The number of rotatable bonds is 4. The van der Waals surface area contributed by atoms with Crippen molar-refractivity contribution in [3.05, 3.63) is 62.7 Å². The monoisotopic (exact) mass is 288 g/mol. The summed E-state index contributed by atoms with van der Waals surface area (Å²) in [5.74, 6) is -0.258. The van der Waals surface area contributed by atoms with Gasteiger partial charge in [-0.15, -0.1) is 5.11 Å². The highest BCUT2D eigenvalue weighted by atomic mass is 16.6. The summed E-state index contributed by atoms with van der Waals surface area (Å²) in [5, 5.41) is 38.1. The van der Waals surface area contributed by atoms with Gasteiger partial charge < -0.3 is 5.11 Å². The lowest BCUT2D eigenvalue weighted by molar-refractivity contribution is -0.385. The molecule has 0 saturated carbocycles. The standard InChI is InChI=1S/C12H8N4O5/c17-12-6-5-10(16(20)21)7-11(12)14-13-8-1-3-9(4-2-8)15(18)19/h1-7,17H. The van der Waals surface area contributed by atoms with E-state index in [2.05, 4.69) is 10.2 Å². The molecule has 2 aromatic rings. The number of hydrogen-bond acceptors (Lipinski definition) is 7. The van der Waals surface area contributed by atoms with Gasteiger partial charge in [-0.2, -0.15) is 5.11 Å². The zero-order valence-electron chi connectivity index (χ0n) is 10.4. The lowest BCUT2D eigenvalue weighted by Crippen LogP contribution is -1.86. The summed E-state index contributed by atoms with van der Waals surface area (Å²) in [6, 6.07) is 8.60. The molecule has 0 aliphatic heterocycles. The average Bonchev–Trinajstić information content (AvgIpc) is 2.46. The lowest BCUT2D eigenvalue weighted by atomic mass is 10.2. The van der Waals surface area contributed by atoms with Crippen LogP contribution < -0.4 is 0 Å². The van der Waals surface area contributed by atoms with E-state index in [0.717, 1.165) is 18.2 Å². The molecule has 2 aromatic carbocycles. The molecule has 106 valence electrons. The SMILES string of the molecule is O=[N+]([O-])c1ccc(N=Nc2cc([N+](=O)[O-])ccc2O)cc1. The average molecular weight is 288 g/mol. The fraction of sp³-hybridized carbons (Fsp3) is 0. The normalized spacial score (nSPS) is 10.7. The molecular formula is C12H8N4O5. The van der Waals surface area contributed by atoms with Crippen molar-refractivity contribution in [2.45, 2.75) is 0 Å². The molecule has 0 unspecified atom stereocenters. The second kappa shape index (κ2) is 5.74. The maximum atomic E-state index is 10.6. The summed E-state index contributed by atoms with van der Waals surface area (Å²) >= 11 is 0. The van der Waals surface area contributed by atoms with Crippen LogP contribution in [0.4, 0.5) is 22.7 Å². The van der Waals surface area contributed by atoms with Gasteiger partial charge in [-0.1, -0.05) is 0 Å². The van der Waals surface area contributed by atoms with Crippen LogP contribution in [0.5, 0.6) is 5.75 Å². The van der Waals surface area contributed by atoms with E-state index in [1.54, 1.807) is 0 Å². The molecular weight excluding hydrogens is 280 g/mol. The Labute approximate surface area is 117 Å². The fourth-order valence-electron chi connectivity index (χ4n) is 1.46. The van der Waals surface area contributed by atoms with Gasteiger partial charge in [0.05, 0.1) is 15.5 Å². The number of hydrogen-bond donors (Lipinski definition) is 1. The molecule has 0 spiro atoms. The van der Waals surface area contributed by atoms with Gasteiger partial charge >= 0.3 is 0 Å². The second-order valence-electron chi connectivity index (χ2n) is 3.90.